The van der Waals surface area contributed by atoms with Crippen LogP contribution in [0.1, 0.15) is 0 Å². The Bertz CT molecular complexity index is 373. The van der Waals surface area contributed by atoms with E-state index in [1.807, 2.05) is 0 Å². The van der Waals surface area contributed by atoms with Gasteiger partial charge in [-0.15, -0.1) is 11.8 Å². The van der Waals surface area contributed by atoms with E-state index < -0.39 is 20.5 Å². The van der Waals surface area contributed by atoms with Gasteiger partial charge in [-0.1, -0.05) is 6.08 Å². The summed E-state index contributed by atoms with van der Waals surface area (Å²) >= 11 is 1.30. The fourth-order valence-electron chi connectivity index (χ4n) is 1.51. The third-order valence-corrected chi connectivity index (χ3v) is 5.72. The second kappa shape index (κ2) is 2.83. The van der Waals surface area contributed by atoms with Crippen LogP contribution in [-0.2, 0) is 14.8 Å². The van der Waals surface area contributed by atoms with Gasteiger partial charge in [-0.2, -0.15) is 4.31 Å². The number of carbonyl (C=O) groups excluding carboxylic acids is 1. The van der Waals surface area contributed by atoms with Gasteiger partial charge in [0.1, 0.15) is 5.25 Å². The molecule has 0 N–H and O–H groups in total. The van der Waals surface area contributed by atoms with Crippen molar-refractivity contribution in [1.29, 1.82) is 0 Å². The van der Waals surface area contributed by atoms with Gasteiger partial charge in [0.05, 0.1) is 11.8 Å². The number of Topliss-reactive ketones (excluding diaryl/α,β-unsaturated/α-hetero) is 1. The summed E-state index contributed by atoms with van der Waals surface area (Å²) in [6, 6.07) is 0. The fraction of sp³-hybridized carbons (Fsp3) is 0.571. The molecular weight excluding hydrogens is 210 g/mol. The molecule has 0 aromatic heterocycles. The van der Waals surface area contributed by atoms with Gasteiger partial charge in [-0.05, 0) is 5.41 Å². The summed E-state index contributed by atoms with van der Waals surface area (Å²) in [6.07, 6.45) is 1.60. The van der Waals surface area contributed by atoms with Crippen molar-refractivity contribution >= 4 is 27.6 Å². The molecule has 2 heterocycles. The van der Waals surface area contributed by atoms with Crippen LogP contribution < -0.4 is 0 Å². The number of thioether (sulfide) groups is 1. The third-order valence-electron chi connectivity index (χ3n) is 2.27. The minimum absolute atomic E-state index is 0.00248. The highest BCUT2D eigenvalue weighted by molar-refractivity contribution is 8.05. The van der Waals surface area contributed by atoms with Crippen LogP contribution in [0.2, 0.25) is 0 Å². The monoisotopic (exact) mass is 219 g/mol. The van der Waals surface area contributed by atoms with E-state index in [1.165, 1.54) is 18.8 Å². The Labute approximate surface area is 81.0 Å². The van der Waals surface area contributed by atoms with Crippen molar-refractivity contribution in [1.82, 2.24) is 4.31 Å². The molecule has 0 spiro atoms. The van der Waals surface area contributed by atoms with E-state index in [9.17, 15) is 13.2 Å². The van der Waals surface area contributed by atoms with Gasteiger partial charge < -0.3 is 0 Å². The zero-order chi connectivity index (χ0) is 9.64. The Morgan fingerprint density at radius 3 is 3.00 bits per heavy atom. The summed E-state index contributed by atoms with van der Waals surface area (Å²) in [5.74, 6) is -0.00248. The lowest BCUT2D eigenvalue weighted by atomic mass is 10.2. The highest BCUT2D eigenvalue weighted by atomic mass is 32.2. The van der Waals surface area contributed by atoms with Crippen molar-refractivity contribution in [2.75, 3.05) is 13.6 Å². The Morgan fingerprint density at radius 1 is 1.62 bits per heavy atom. The Balaban J connectivity index is 2.43. The van der Waals surface area contributed by atoms with Crippen molar-refractivity contribution in [3.8, 4) is 0 Å². The normalized spacial score (nSPS) is 37.8. The van der Waals surface area contributed by atoms with Crippen molar-refractivity contribution in [2.45, 2.75) is 10.5 Å². The van der Waals surface area contributed by atoms with Crippen molar-refractivity contribution in [2.24, 2.45) is 0 Å². The number of hydrogen-bond acceptors (Lipinski definition) is 4. The lowest BCUT2D eigenvalue weighted by Crippen LogP contribution is -2.51. The molecule has 0 unspecified atom stereocenters. The Kier molecular flexibility index (Phi) is 2.01. The molecule has 2 aliphatic rings. The first kappa shape index (κ1) is 9.23. The molecule has 72 valence electrons. The maximum absolute atomic E-state index is 11.6. The predicted octanol–water partition coefficient (Wildman–Crippen LogP) is -0.172. The molecule has 2 aliphatic heterocycles. The lowest BCUT2D eigenvalue weighted by molar-refractivity contribution is -0.118. The molecule has 2 rings (SSSR count). The van der Waals surface area contributed by atoms with Gasteiger partial charge in [-0.3, -0.25) is 4.79 Å². The van der Waals surface area contributed by atoms with Crippen molar-refractivity contribution in [3.05, 3.63) is 11.5 Å². The van der Waals surface area contributed by atoms with E-state index in [2.05, 4.69) is 0 Å². The number of fused-ring (bicyclic) bond motifs is 1. The standard InChI is InChI=1S/C7H9NO3S2/c1-8-4-5(9)7-6(2-3-12-7)13(8,10)11/h2-3,6-7H,4H2,1H3/t6-,7-/m0/s1. The summed E-state index contributed by atoms with van der Waals surface area (Å²) in [7, 11) is -1.82. The molecule has 1 fully saturated rings. The average molecular weight is 219 g/mol. The molecule has 2 atom stereocenters. The van der Waals surface area contributed by atoms with E-state index in [-0.39, 0.29) is 12.3 Å². The van der Waals surface area contributed by atoms with E-state index in [0.717, 1.165) is 4.31 Å². The molecule has 0 amide bonds. The molecular formula is C7H9NO3S2. The molecule has 0 bridgehead atoms. The van der Waals surface area contributed by atoms with Crippen LogP contribution in [0.3, 0.4) is 0 Å². The molecule has 0 saturated carbocycles. The van der Waals surface area contributed by atoms with E-state index in [4.69, 9.17) is 0 Å². The smallest absolute Gasteiger partial charge is 0.222 e. The number of hydrogen-bond donors (Lipinski definition) is 0. The van der Waals surface area contributed by atoms with Crippen molar-refractivity contribution < 1.29 is 13.2 Å². The average Bonchev–Trinajstić information content (AvgIpc) is 2.49. The van der Waals surface area contributed by atoms with Crippen LogP contribution in [0.5, 0.6) is 0 Å². The maximum Gasteiger partial charge on any atom is 0.222 e. The number of rotatable bonds is 0. The highest BCUT2D eigenvalue weighted by Gasteiger charge is 2.46. The third kappa shape index (κ3) is 1.24. The first-order chi connectivity index (χ1) is 6.03. The molecule has 0 aromatic carbocycles. The van der Waals surface area contributed by atoms with Gasteiger partial charge in [0, 0.05) is 7.05 Å². The zero-order valence-electron chi connectivity index (χ0n) is 7.00. The summed E-state index contributed by atoms with van der Waals surface area (Å²) in [4.78, 5) is 11.4. The van der Waals surface area contributed by atoms with Gasteiger partial charge in [0.25, 0.3) is 0 Å². The molecule has 0 aromatic rings. The number of nitrogens with zero attached hydrogens (tertiary/aromatic N) is 1. The lowest BCUT2D eigenvalue weighted by Gasteiger charge is -2.29. The van der Waals surface area contributed by atoms with Crippen LogP contribution >= 0.6 is 11.8 Å². The second-order valence-electron chi connectivity index (χ2n) is 3.12. The summed E-state index contributed by atoms with van der Waals surface area (Å²) in [5, 5.41) is 0.661. The zero-order valence-corrected chi connectivity index (χ0v) is 8.64. The Morgan fingerprint density at radius 2 is 2.31 bits per heavy atom. The van der Waals surface area contributed by atoms with Crippen LogP contribution in [0, 0.1) is 0 Å². The van der Waals surface area contributed by atoms with E-state index in [0.29, 0.717) is 0 Å². The fourth-order valence-corrected chi connectivity index (χ4v) is 4.59. The summed E-state index contributed by atoms with van der Waals surface area (Å²) in [5.41, 5.74) is 0. The topological polar surface area (TPSA) is 54.5 Å². The number of likely N-dealkylation sites (N-methyl/N-ethyl adjacent to an activating group) is 1. The Hall–Kier alpha value is -0.330. The van der Waals surface area contributed by atoms with Gasteiger partial charge >= 0.3 is 0 Å². The van der Waals surface area contributed by atoms with Crippen LogP contribution in [0.4, 0.5) is 0 Å². The quantitative estimate of drug-likeness (QED) is 0.567. The van der Waals surface area contributed by atoms with E-state index in [1.54, 1.807) is 11.5 Å². The SMILES string of the molecule is CN1CC(=O)[C@@H]2SC=C[C@@H]2S1(=O)=O. The molecule has 13 heavy (non-hydrogen) atoms. The van der Waals surface area contributed by atoms with Gasteiger partial charge in [0.2, 0.25) is 10.0 Å². The van der Waals surface area contributed by atoms with Gasteiger partial charge in [-0.25, -0.2) is 8.42 Å². The van der Waals surface area contributed by atoms with Crippen molar-refractivity contribution in [3.63, 3.8) is 0 Å². The molecule has 4 nitrogen and oxygen atoms in total. The molecule has 0 radical (unpaired) electrons. The predicted molar refractivity (Wildman–Crippen MR) is 50.9 cm³/mol. The van der Waals surface area contributed by atoms with Crippen LogP contribution in [0.25, 0.3) is 0 Å². The second-order valence-corrected chi connectivity index (χ2v) is 6.37. The summed E-state index contributed by atoms with van der Waals surface area (Å²) < 4.78 is 24.4. The molecule has 0 aliphatic carbocycles. The largest absolute Gasteiger partial charge is 0.297 e. The number of sulfonamides is 1. The first-order valence-electron chi connectivity index (χ1n) is 3.83. The minimum Gasteiger partial charge on any atom is -0.297 e. The minimum atomic E-state index is -3.27. The van der Waals surface area contributed by atoms with Crippen LogP contribution in [0.15, 0.2) is 11.5 Å². The van der Waals surface area contributed by atoms with Crippen LogP contribution in [-0.4, -0.2) is 42.6 Å². The summed E-state index contributed by atoms with van der Waals surface area (Å²) in [6.45, 7) is 0.0121. The number of carbonyl (C=O) groups is 1. The molecule has 6 heteroatoms. The number of ketones is 1. The first-order valence-corrected chi connectivity index (χ1v) is 6.28. The molecule has 1 saturated heterocycles. The van der Waals surface area contributed by atoms with Gasteiger partial charge in [0.15, 0.2) is 5.78 Å². The highest BCUT2D eigenvalue weighted by Crippen LogP contribution is 2.34. The maximum atomic E-state index is 11.6. The van der Waals surface area contributed by atoms with E-state index >= 15 is 0 Å².